The van der Waals surface area contributed by atoms with Crippen LogP contribution in [0.5, 0.6) is 5.75 Å². The van der Waals surface area contributed by atoms with Crippen LogP contribution in [0.25, 0.3) is 0 Å². The van der Waals surface area contributed by atoms with Crippen LogP contribution in [0.15, 0.2) is 42.7 Å². The van der Waals surface area contributed by atoms with E-state index in [0.717, 1.165) is 6.20 Å². The summed E-state index contributed by atoms with van der Waals surface area (Å²) in [5.41, 5.74) is -0.221. The van der Waals surface area contributed by atoms with Gasteiger partial charge in [-0.2, -0.15) is 8.78 Å². The van der Waals surface area contributed by atoms with Gasteiger partial charge in [0.15, 0.2) is 5.82 Å². The molecule has 1 amide bonds. The lowest BCUT2D eigenvalue weighted by Gasteiger charge is -2.11. The molecule has 0 saturated heterocycles. The minimum atomic E-state index is -3.02. The first-order chi connectivity index (χ1) is 9.58. The monoisotopic (exact) mass is 282 g/mol. The molecule has 0 atom stereocenters. The number of halogens is 3. The predicted octanol–water partition coefficient (Wildman–Crippen LogP) is 3.07. The average molecular weight is 282 g/mol. The molecule has 1 N–H and O–H groups in total. The van der Waals surface area contributed by atoms with Gasteiger partial charge in [-0.05, 0) is 18.2 Å². The van der Waals surface area contributed by atoms with Crippen LogP contribution in [0.1, 0.15) is 10.4 Å². The summed E-state index contributed by atoms with van der Waals surface area (Å²) in [6.07, 6.45) is 2.13. The van der Waals surface area contributed by atoms with Crippen molar-refractivity contribution >= 4 is 11.6 Å². The summed E-state index contributed by atoms with van der Waals surface area (Å²) in [6.45, 7) is -3.02. The molecular weight excluding hydrogens is 273 g/mol. The first kappa shape index (κ1) is 13.9. The molecular formula is C13H9F3N2O2. The molecule has 7 heteroatoms. The Labute approximate surface area is 112 Å². The molecule has 0 saturated carbocycles. The number of amides is 1. The summed E-state index contributed by atoms with van der Waals surface area (Å²) in [4.78, 5) is 15.4. The zero-order valence-electron chi connectivity index (χ0n) is 10.0. The van der Waals surface area contributed by atoms with Gasteiger partial charge in [-0.15, -0.1) is 0 Å². The van der Waals surface area contributed by atoms with E-state index in [2.05, 4.69) is 15.0 Å². The molecule has 2 aromatic rings. The molecule has 1 aromatic heterocycles. The van der Waals surface area contributed by atoms with E-state index in [1.807, 2.05) is 0 Å². The predicted molar refractivity (Wildman–Crippen MR) is 65.2 cm³/mol. The van der Waals surface area contributed by atoms with Crippen LogP contribution >= 0.6 is 0 Å². The van der Waals surface area contributed by atoms with Crippen molar-refractivity contribution in [2.75, 3.05) is 5.32 Å². The van der Waals surface area contributed by atoms with Crippen LogP contribution in [-0.2, 0) is 0 Å². The number of carbonyl (C=O) groups excluding carboxylic acids is 1. The molecule has 0 unspecified atom stereocenters. The van der Waals surface area contributed by atoms with Gasteiger partial charge in [-0.3, -0.25) is 9.78 Å². The number of ether oxygens (including phenoxy) is 1. The normalized spacial score (nSPS) is 10.4. The van der Waals surface area contributed by atoms with E-state index in [9.17, 15) is 18.0 Å². The fourth-order valence-corrected chi connectivity index (χ4v) is 1.52. The van der Waals surface area contributed by atoms with Crippen LogP contribution in [0.4, 0.5) is 18.9 Å². The standard InChI is InChI=1S/C13H9F3N2O2/c14-9-7-17-6-5-8(9)12(19)18-10-3-1-2-4-11(10)20-13(15)16/h1-7,13H,(H,18,19). The molecule has 0 radical (unpaired) electrons. The lowest BCUT2D eigenvalue weighted by Crippen LogP contribution is -2.15. The Bertz CT molecular complexity index is 620. The highest BCUT2D eigenvalue weighted by Gasteiger charge is 2.15. The molecule has 2 rings (SSSR count). The third-order valence-corrected chi connectivity index (χ3v) is 2.37. The second-order valence-electron chi connectivity index (χ2n) is 3.68. The number of pyridine rings is 1. The molecule has 0 aliphatic carbocycles. The summed E-state index contributed by atoms with van der Waals surface area (Å²) in [7, 11) is 0. The van der Waals surface area contributed by atoms with Gasteiger partial charge in [0, 0.05) is 6.20 Å². The highest BCUT2D eigenvalue weighted by Crippen LogP contribution is 2.26. The van der Waals surface area contributed by atoms with Crippen LogP contribution in [-0.4, -0.2) is 17.5 Å². The van der Waals surface area contributed by atoms with Gasteiger partial charge in [0.25, 0.3) is 5.91 Å². The van der Waals surface area contributed by atoms with E-state index in [1.54, 1.807) is 0 Å². The Hall–Kier alpha value is -2.57. The highest BCUT2D eigenvalue weighted by atomic mass is 19.3. The quantitative estimate of drug-likeness (QED) is 0.937. The molecule has 4 nitrogen and oxygen atoms in total. The van der Waals surface area contributed by atoms with Crippen molar-refractivity contribution in [2.24, 2.45) is 0 Å². The zero-order valence-corrected chi connectivity index (χ0v) is 10.0. The van der Waals surface area contributed by atoms with Gasteiger partial charge in [-0.1, -0.05) is 12.1 Å². The summed E-state index contributed by atoms with van der Waals surface area (Å²) in [6, 6.07) is 6.82. The number of nitrogens with zero attached hydrogens (tertiary/aromatic N) is 1. The van der Waals surface area contributed by atoms with Crippen LogP contribution in [0.3, 0.4) is 0 Å². The number of benzene rings is 1. The van der Waals surface area contributed by atoms with Crippen molar-refractivity contribution in [3.05, 3.63) is 54.1 Å². The van der Waals surface area contributed by atoms with E-state index in [0.29, 0.717) is 0 Å². The topological polar surface area (TPSA) is 51.2 Å². The summed E-state index contributed by atoms with van der Waals surface area (Å²) < 4.78 is 42.1. The summed E-state index contributed by atoms with van der Waals surface area (Å²) >= 11 is 0. The molecule has 1 heterocycles. The first-order valence-electron chi connectivity index (χ1n) is 5.52. The van der Waals surface area contributed by atoms with Crippen LogP contribution in [0.2, 0.25) is 0 Å². The Morgan fingerprint density at radius 2 is 2.00 bits per heavy atom. The van der Waals surface area contributed by atoms with E-state index in [-0.39, 0.29) is 17.0 Å². The number of hydrogen-bond donors (Lipinski definition) is 1. The van der Waals surface area contributed by atoms with Gasteiger partial charge in [0.05, 0.1) is 17.4 Å². The highest BCUT2D eigenvalue weighted by molar-refractivity contribution is 6.05. The van der Waals surface area contributed by atoms with E-state index in [1.165, 1.54) is 36.5 Å². The van der Waals surface area contributed by atoms with E-state index in [4.69, 9.17) is 0 Å². The first-order valence-corrected chi connectivity index (χ1v) is 5.52. The molecule has 0 bridgehead atoms. The largest absolute Gasteiger partial charge is 0.433 e. The van der Waals surface area contributed by atoms with Gasteiger partial charge in [0.2, 0.25) is 0 Å². The van der Waals surface area contributed by atoms with Gasteiger partial charge in [0.1, 0.15) is 5.75 Å². The number of nitrogens with one attached hydrogen (secondary N) is 1. The van der Waals surface area contributed by atoms with Crippen molar-refractivity contribution in [3.63, 3.8) is 0 Å². The number of carbonyl (C=O) groups is 1. The number of para-hydroxylation sites is 2. The Balaban J connectivity index is 2.22. The minimum absolute atomic E-state index is 0.0222. The minimum Gasteiger partial charge on any atom is -0.433 e. The Morgan fingerprint density at radius 1 is 1.25 bits per heavy atom. The molecule has 20 heavy (non-hydrogen) atoms. The Morgan fingerprint density at radius 3 is 2.70 bits per heavy atom. The van der Waals surface area contributed by atoms with Crippen molar-refractivity contribution in [3.8, 4) is 5.75 Å². The summed E-state index contributed by atoms with van der Waals surface area (Å²) in [5, 5.41) is 2.31. The van der Waals surface area contributed by atoms with Gasteiger partial charge >= 0.3 is 6.61 Å². The van der Waals surface area contributed by atoms with Crippen molar-refractivity contribution in [1.29, 1.82) is 0 Å². The van der Waals surface area contributed by atoms with Crippen LogP contribution < -0.4 is 10.1 Å². The fraction of sp³-hybridized carbons (Fsp3) is 0.0769. The third-order valence-electron chi connectivity index (χ3n) is 2.37. The van der Waals surface area contributed by atoms with Crippen molar-refractivity contribution in [2.45, 2.75) is 6.61 Å². The lowest BCUT2D eigenvalue weighted by molar-refractivity contribution is -0.0493. The van der Waals surface area contributed by atoms with Gasteiger partial charge in [-0.25, -0.2) is 4.39 Å². The number of anilines is 1. The molecule has 0 spiro atoms. The smallest absolute Gasteiger partial charge is 0.387 e. The van der Waals surface area contributed by atoms with E-state index >= 15 is 0 Å². The van der Waals surface area contributed by atoms with E-state index < -0.39 is 18.3 Å². The van der Waals surface area contributed by atoms with Gasteiger partial charge < -0.3 is 10.1 Å². The maximum Gasteiger partial charge on any atom is 0.387 e. The maximum absolute atomic E-state index is 13.4. The van der Waals surface area contributed by atoms with Crippen molar-refractivity contribution < 1.29 is 22.7 Å². The fourth-order valence-electron chi connectivity index (χ4n) is 1.52. The molecule has 0 aliphatic rings. The number of alkyl halides is 2. The molecule has 0 aliphatic heterocycles. The third kappa shape index (κ3) is 3.25. The second kappa shape index (κ2) is 6.05. The lowest BCUT2D eigenvalue weighted by atomic mass is 10.2. The molecule has 0 fully saturated rings. The summed E-state index contributed by atoms with van der Waals surface area (Å²) in [5.74, 6) is -1.79. The molecule has 104 valence electrons. The number of rotatable bonds is 4. The molecule has 1 aromatic carbocycles. The number of hydrogen-bond acceptors (Lipinski definition) is 3. The SMILES string of the molecule is O=C(Nc1ccccc1OC(F)F)c1ccncc1F. The average Bonchev–Trinajstić information content (AvgIpc) is 2.41. The Kier molecular flexibility index (Phi) is 4.19. The second-order valence-corrected chi connectivity index (χ2v) is 3.68. The maximum atomic E-state index is 13.4. The zero-order chi connectivity index (χ0) is 14.5. The van der Waals surface area contributed by atoms with Crippen LogP contribution in [0, 0.1) is 5.82 Å². The van der Waals surface area contributed by atoms with Crippen molar-refractivity contribution in [1.82, 2.24) is 4.98 Å². The number of aromatic nitrogens is 1.